The Morgan fingerprint density at radius 3 is 2.63 bits per heavy atom. The summed E-state index contributed by atoms with van der Waals surface area (Å²) in [6.45, 7) is 3.97. The van der Waals surface area contributed by atoms with Gasteiger partial charge in [-0.25, -0.2) is 8.78 Å². The first kappa shape index (κ1) is 14.0. The summed E-state index contributed by atoms with van der Waals surface area (Å²) < 4.78 is 26.5. The van der Waals surface area contributed by atoms with Gasteiger partial charge < -0.3 is 4.90 Å². The van der Waals surface area contributed by atoms with Crippen LogP contribution in [0.3, 0.4) is 0 Å². The third-order valence-electron chi connectivity index (χ3n) is 3.40. The molecule has 2 rings (SSSR count). The van der Waals surface area contributed by atoms with Crippen LogP contribution in [0.1, 0.15) is 38.7 Å². The summed E-state index contributed by atoms with van der Waals surface area (Å²) in [6, 6.07) is 3.88. The second kappa shape index (κ2) is 5.68. The van der Waals surface area contributed by atoms with Crippen molar-refractivity contribution < 1.29 is 13.6 Å². The Morgan fingerprint density at radius 2 is 2.05 bits per heavy atom. The lowest BCUT2D eigenvalue weighted by Crippen LogP contribution is -2.38. The molecule has 0 N–H and O–H groups in total. The molecule has 1 fully saturated rings. The van der Waals surface area contributed by atoms with Gasteiger partial charge in [-0.1, -0.05) is 0 Å². The Bertz CT molecular complexity index is 467. The van der Waals surface area contributed by atoms with Crippen molar-refractivity contribution in [3.8, 4) is 0 Å². The van der Waals surface area contributed by atoms with Crippen LogP contribution in [0, 0.1) is 11.6 Å². The molecule has 0 bridgehead atoms. The summed E-state index contributed by atoms with van der Waals surface area (Å²) in [5.41, 5.74) is 0.271. The average molecular weight is 267 g/mol. The second-order valence-electron chi connectivity index (χ2n) is 5.36. The van der Waals surface area contributed by atoms with Gasteiger partial charge in [0.25, 0.3) is 0 Å². The van der Waals surface area contributed by atoms with E-state index in [1.807, 2.05) is 18.7 Å². The summed E-state index contributed by atoms with van der Waals surface area (Å²) >= 11 is 0. The highest BCUT2D eigenvalue weighted by Gasteiger charge is 2.33. The SMILES string of the molecule is CC(C)N(C(=O)CCc1cc(F)ccc1F)C1CC1. The van der Waals surface area contributed by atoms with Gasteiger partial charge in [0.15, 0.2) is 0 Å². The fourth-order valence-electron chi connectivity index (χ4n) is 2.37. The molecule has 1 saturated carbocycles. The first-order chi connectivity index (χ1) is 8.99. The zero-order valence-electron chi connectivity index (χ0n) is 11.3. The summed E-state index contributed by atoms with van der Waals surface area (Å²) in [6.07, 6.45) is 2.59. The molecule has 104 valence electrons. The molecule has 19 heavy (non-hydrogen) atoms. The zero-order chi connectivity index (χ0) is 14.0. The maximum atomic E-state index is 13.5. The molecule has 0 spiro atoms. The van der Waals surface area contributed by atoms with E-state index in [0.29, 0.717) is 6.04 Å². The normalized spacial score (nSPS) is 14.8. The number of halogens is 2. The highest BCUT2D eigenvalue weighted by atomic mass is 19.1. The number of aryl methyl sites for hydroxylation is 1. The van der Waals surface area contributed by atoms with Crippen LogP contribution in [-0.4, -0.2) is 22.9 Å². The topological polar surface area (TPSA) is 20.3 Å². The van der Waals surface area contributed by atoms with Gasteiger partial charge in [0, 0.05) is 18.5 Å². The summed E-state index contributed by atoms with van der Waals surface area (Å²) in [5, 5.41) is 0. The Hall–Kier alpha value is -1.45. The van der Waals surface area contributed by atoms with E-state index in [9.17, 15) is 13.6 Å². The molecular formula is C15H19F2NO. The quantitative estimate of drug-likeness (QED) is 0.801. The van der Waals surface area contributed by atoms with Crippen LogP contribution in [0.4, 0.5) is 8.78 Å². The van der Waals surface area contributed by atoms with Crippen LogP contribution in [0.15, 0.2) is 18.2 Å². The van der Waals surface area contributed by atoms with Crippen molar-refractivity contribution in [1.82, 2.24) is 4.90 Å². The molecule has 1 aromatic rings. The van der Waals surface area contributed by atoms with Gasteiger partial charge in [0.1, 0.15) is 11.6 Å². The maximum Gasteiger partial charge on any atom is 0.223 e. The summed E-state index contributed by atoms with van der Waals surface area (Å²) in [5.74, 6) is -0.885. The molecule has 2 nitrogen and oxygen atoms in total. The van der Waals surface area contributed by atoms with Crippen LogP contribution >= 0.6 is 0 Å². The monoisotopic (exact) mass is 267 g/mol. The van der Waals surface area contributed by atoms with Crippen molar-refractivity contribution in [3.05, 3.63) is 35.4 Å². The smallest absolute Gasteiger partial charge is 0.223 e. The van der Waals surface area contributed by atoms with Crippen LogP contribution in [0.2, 0.25) is 0 Å². The van der Waals surface area contributed by atoms with Crippen molar-refractivity contribution in [2.45, 2.75) is 51.6 Å². The predicted molar refractivity (Wildman–Crippen MR) is 69.7 cm³/mol. The number of carbonyl (C=O) groups is 1. The van der Waals surface area contributed by atoms with Crippen molar-refractivity contribution >= 4 is 5.91 Å². The Morgan fingerprint density at radius 1 is 1.37 bits per heavy atom. The highest BCUT2D eigenvalue weighted by Crippen LogP contribution is 2.29. The minimum Gasteiger partial charge on any atom is -0.337 e. The van der Waals surface area contributed by atoms with E-state index in [0.717, 1.165) is 25.0 Å². The number of rotatable bonds is 5. The van der Waals surface area contributed by atoms with E-state index in [4.69, 9.17) is 0 Å². The third-order valence-corrected chi connectivity index (χ3v) is 3.40. The number of hydrogen-bond donors (Lipinski definition) is 0. The van der Waals surface area contributed by atoms with Gasteiger partial charge in [0.2, 0.25) is 5.91 Å². The molecule has 0 unspecified atom stereocenters. The molecule has 0 atom stereocenters. The fraction of sp³-hybridized carbons (Fsp3) is 0.533. The molecule has 1 aliphatic carbocycles. The molecule has 1 amide bonds. The predicted octanol–water partition coefficient (Wildman–Crippen LogP) is 3.30. The molecule has 0 heterocycles. The second-order valence-corrected chi connectivity index (χ2v) is 5.36. The van der Waals surface area contributed by atoms with Crippen LogP contribution in [-0.2, 0) is 11.2 Å². The number of benzene rings is 1. The van der Waals surface area contributed by atoms with Gasteiger partial charge >= 0.3 is 0 Å². The van der Waals surface area contributed by atoms with Crippen molar-refractivity contribution in [2.24, 2.45) is 0 Å². The zero-order valence-corrected chi connectivity index (χ0v) is 11.3. The molecule has 0 radical (unpaired) electrons. The van der Waals surface area contributed by atoms with E-state index >= 15 is 0 Å². The molecule has 1 aliphatic rings. The van der Waals surface area contributed by atoms with E-state index in [1.165, 1.54) is 6.07 Å². The number of carbonyl (C=O) groups excluding carboxylic acids is 1. The fourth-order valence-corrected chi connectivity index (χ4v) is 2.37. The maximum absolute atomic E-state index is 13.5. The summed E-state index contributed by atoms with van der Waals surface area (Å²) in [4.78, 5) is 14.0. The first-order valence-electron chi connectivity index (χ1n) is 6.74. The van der Waals surface area contributed by atoms with Crippen LogP contribution < -0.4 is 0 Å². The minimum atomic E-state index is -0.466. The van der Waals surface area contributed by atoms with Gasteiger partial charge in [-0.3, -0.25) is 4.79 Å². The first-order valence-corrected chi connectivity index (χ1v) is 6.74. The number of amides is 1. The molecule has 0 saturated heterocycles. The Kier molecular flexibility index (Phi) is 4.17. The highest BCUT2D eigenvalue weighted by molar-refractivity contribution is 5.77. The molecule has 4 heteroatoms. The van der Waals surface area contributed by atoms with E-state index in [1.54, 1.807) is 0 Å². The van der Waals surface area contributed by atoms with Crippen LogP contribution in [0.25, 0.3) is 0 Å². The molecule has 1 aromatic carbocycles. The van der Waals surface area contributed by atoms with Gasteiger partial charge in [-0.15, -0.1) is 0 Å². The van der Waals surface area contributed by atoms with E-state index in [2.05, 4.69) is 0 Å². The molecule has 0 aliphatic heterocycles. The Balaban J connectivity index is 1.97. The van der Waals surface area contributed by atoms with Crippen LogP contribution in [0.5, 0.6) is 0 Å². The van der Waals surface area contributed by atoms with Crippen molar-refractivity contribution in [2.75, 3.05) is 0 Å². The minimum absolute atomic E-state index is 0.0289. The van der Waals surface area contributed by atoms with Crippen molar-refractivity contribution in [1.29, 1.82) is 0 Å². The van der Waals surface area contributed by atoms with Gasteiger partial charge in [-0.05, 0) is 56.9 Å². The number of nitrogens with zero attached hydrogens (tertiary/aromatic N) is 1. The van der Waals surface area contributed by atoms with E-state index in [-0.39, 0.29) is 30.4 Å². The average Bonchev–Trinajstić information content (AvgIpc) is 3.14. The molecular weight excluding hydrogens is 248 g/mol. The molecule has 0 aromatic heterocycles. The third kappa shape index (κ3) is 3.52. The van der Waals surface area contributed by atoms with E-state index < -0.39 is 11.6 Å². The van der Waals surface area contributed by atoms with Crippen molar-refractivity contribution in [3.63, 3.8) is 0 Å². The number of hydrogen-bond acceptors (Lipinski definition) is 1. The largest absolute Gasteiger partial charge is 0.337 e. The summed E-state index contributed by atoms with van der Waals surface area (Å²) in [7, 11) is 0. The Labute approximate surface area is 112 Å². The van der Waals surface area contributed by atoms with Gasteiger partial charge in [-0.2, -0.15) is 0 Å². The lowest BCUT2D eigenvalue weighted by atomic mass is 10.1. The lowest BCUT2D eigenvalue weighted by molar-refractivity contribution is -0.133. The van der Waals surface area contributed by atoms with Gasteiger partial charge in [0.05, 0.1) is 0 Å². The lowest BCUT2D eigenvalue weighted by Gasteiger charge is -2.26. The standard InChI is InChI=1S/C15H19F2NO/c1-10(2)18(13-5-6-13)15(19)8-3-11-9-12(16)4-7-14(11)17/h4,7,9-10,13H,3,5-6,8H2,1-2H3.